The molecule has 6 nitrogen and oxygen atoms in total. The predicted molar refractivity (Wildman–Crippen MR) is 91.6 cm³/mol. The third-order valence-corrected chi connectivity index (χ3v) is 4.47. The number of amides is 1. The molecule has 25 heavy (non-hydrogen) atoms. The normalized spacial score (nSPS) is 20.1. The summed E-state index contributed by atoms with van der Waals surface area (Å²) in [7, 11) is 0. The highest BCUT2D eigenvalue weighted by atomic mass is 16.5. The molecule has 0 radical (unpaired) electrons. The fourth-order valence-electron chi connectivity index (χ4n) is 2.98. The second-order valence-electron chi connectivity index (χ2n) is 6.51. The number of ether oxygens (including phenoxy) is 1. The van der Waals surface area contributed by atoms with Gasteiger partial charge in [0.15, 0.2) is 0 Å². The maximum absolute atomic E-state index is 12.7. The van der Waals surface area contributed by atoms with E-state index in [-0.39, 0.29) is 12.5 Å². The fourth-order valence-corrected chi connectivity index (χ4v) is 2.98. The molecule has 1 N–H and O–H groups in total. The number of nitrogens with zero attached hydrogens (tertiary/aromatic N) is 2. The number of aliphatic carboxylic acids is 1. The smallest absolute Gasteiger partial charge is 0.311 e. The molecule has 6 heteroatoms. The molecule has 0 aliphatic carbocycles. The summed E-state index contributed by atoms with van der Waals surface area (Å²) >= 11 is 0. The van der Waals surface area contributed by atoms with Gasteiger partial charge in [-0.05, 0) is 56.2 Å². The summed E-state index contributed by atoms with van der Waals surface area (Å²) in [5, 5.41) is 9.38. The van der Waals surface area contributed by atoms with E-state index in [9.17, 15) is 14.7 Å². The summed E-state index contributed by atoms with van der Waals surface area (Å²) in [6.45, 7) is 2.50. The number of carbonyl (C=O) groups excluding carboxylic acids is 1. The Balaban J connectivity index is 1.69. The van der Waals surface area contributed by atoms with Gasteiger partial charge in [0.2, 0.25) is 0 Å². The molecule has 0 bridgehead atoms. The van der Waals surface area contributed by atoms with Gasteiger partial charge in [-0.1, -0.05) is 0 Å². The summed E-state index contributed by atoms with van der Waals surface area (Å²) in [6, 6.07) is 10.4. The van der Waals surface area contributed by atoms with Crippen LogP contribution in [0.4, 0.5) is 0 Å². The van der Waals surface area contributed by atoms with Crippen LogP contribution in [-0.2, 0) is 4.79 Å². The van der Waals surface area contributed by atoms with Crippen LogP contribution < -0.4 is 4.74 Å². The number of hydrogen-bond donors (Lipinski definition) is 1. The molecular weight excluding hydrogens is 320 g/mol. The van der Waals surface area contributed by atoms with Gasteiger partial charge in [0.25, 0.3) is 5.91 Å². The summed E-state index contributed by atoms with van der Waals surface area (Å²) in [6.07, 6.45) is 4.55. The van der Waals surface area contributed by atoms with Gasteiger partial charge in [0.05, 0.1) is 11.6 Å². The van der Waals surface area contributed by atoms with Crippen LogP contribution in [0.2, 0.25) is 0 Å². The van der Waals surface area contributed by atoms with Crippen LogP contribution in [0.5, 0.6) is 11.5 Å². The van der Waals surface area contributed by atoms with Crippen molar-refractivity contribution in [3.8, 4) is 11.5 Å². The van der Waals surface area contributed by atoms with Crippen LogP contribution in [0.3, 0.4) is 0 Å². The highest BCUT2D eigenvalue weighted by Crippen LogP contribution is 2.30. The van der Waals surface area contributed by atoms with Crippen LogP contribution in [0.25, 0.3) is 0 Å². The minimum atomic E-state index is -0.878. The van der Waals surface area contributed by atoms with E-state index in [2.05, 4.69) is 4.98 Å². The van der Waals surface area contributed by atoms with Gasteiger partial charge >= 0.3 is 5.97 Å². The van der Waals surface area contributed by atoms with Crippen LogP contribution in [0.1, 0.15) is 30.1 Å². The van der Waals surface area contributed by atoms with E-state index in [0.29, 0.717) is 36.4 Å². The van der Waals surface area contributed by atoms with E-state index in [1.807, 2.05) is 0 Å². The molecule has 1 aromatic heterocycles. The number of rotatable bonds is 4. The van der Waals surface area contributed by atoms with Crippen molar-refractivity contribution in [2.24, 2.45) is 5.41 Å². The number of aromatic nitrogens is 1. The molecule has 1 unspecified atom stereocenters. The molecule has 0 saturated carbocycles. The Morgan fingerprint density at radius 1 is 1.20 bits per heavy atom. The molecule has 2 heterocycles. The molecule has 1 saturated heterocycles. The first-order valence-corrected chi connectivity index (χ1v) is 8.19. The molecule has 1 atom stereocenters. The molecule has 1 amide bonds. The van der Waals surface area contributed by atoms with Crippen molar-refractivity contribution in [1.29, 1.82) is 0 Å². The van der Waals surface area contributed by atoms with Crippen molar-refractivity contribution in [2.45, 2.75) is 19.8 Å². The zero-order chi connectivity index (χ0) is 17.9. The van der Waals surface area contributed by atoms with Crippen molar-refractivity contribution < 1.29 is 19.4 Å². The van der Waals surface area contributed by atoms with Gasteiger partial charge in [0, 0.05) is 24.8 Å². The second kappa shape index (κ2) is 6.93. The number of carbonyl (C=O) groups is 2. The Morgan fingerprint density at radius 2 is 1.96 bits per heavy atom. The maximum Gasteiger partial charge on any atom is 0.311 e. The highest BCUT2D eigenvalue weighted by Gasteiger charge is 2.39. The highest BCUT2D eigenvalue weighted by molar-refractivity contribution is 5.94. The molecule has 1 aromatic carbocycles. The van der Waals surface area contributed by atoms with Crippen LogP contribution in [-0.4, -0.2) is 40.0 Å². The molecule has 1 fully saturated rings. The lowest BCUT2D eigenvalue weighted by Gasteiger charge is -2.37. The quantitative estimate of drug-likeness (QED) is 0.924. The third kappa shape index (κ3) is 3.79. The monoisotopic (exact) mass is 340 g/mol. The van der Waals surface area contributed by atoms with Gasteiger partial charge < -0.3 is 14.7 Å². The Bertz CT molecular complexity index is 761. The number of carboxylic acids is 1. The Kier molecular flexibility index (Phi) is 4.70. The van der Waals surface area contributed by atoms with Gasteiger partial charge in [0.1, 0.15) is 11.5 Å². The van der Waals surface area contributed by atoms with Gasteiger partial charge in [-0.15, -0.1) is 0 Å². The molecule has 1 aliphatic rings. The van der Waals surface area contributed by atoms with Crippen molar-refractivity contribution in [2.75, 3.05) is 13.1 Å². The van der Waals surface area contributed by atoms with Crippen molar-refractivity contribution in [1.82, 2.24) is 9.88 Å². The zero-order valence-electron chi connectivity index (χ0n) is 14.0. The Labute approximate surface area is 146 Å². The first kappa shape index (κ1) is 17.0. The van der Waals surface area contributed by atoms with Gasteiger partial charge in [-0.25, -0.2) is 0 Å². The number of piperidine rings is 1. The third-order valence-electron chi connectivity index (χ3n) is 4.47. The minimum absolute atomic E-state index is 0.153. The fraction of sp³-hybridized carbons (Fsp3) is 0.316. The molecule has 2 aromatic rings. The summed E-state index contributed by atoms with van der Waals surface area (Å²) < 4.78 is 5.66. The van der Waals surface area contributed by atoms with Crippen LogP contribution in [0.15, 0.2) is 48.8 Å². The zero-order valence-corrected chi connectivity index (χ0v) is 14.0. The summed E-state index contributed by atoms with van der Waals surface area (Å²) in [4.78, 5) is 29.7. The average molecular weight is 340 g/mol. The molecule has 3 rings (SSSR count). The SMILES string of the molecule is CC1(C(=O)O)CCCN(C(=O)c2ccc(Oc3cccnc3)cc2)C1. The van der Waals surface area contributed by atoms with Crippen molar-refractivity contribution >= 4 is 11.9 Å². The molecular formula is C19H20N2O4. The number of pyridine rings is 1. The van der Waals surface area contributed by atoms with E-state index in [1.165, 1.54) is 0 Å². The topological polar surface area (TPSA) is 79.7 Å². The van der Waals surface area contributed by atoms with Crippen LogP contribution in [0, 0.1) is 5.41 Å². The lowest BCUT2D eigenvalue weighted by Crippen LogP contribution is -2.48. The largest absolute Gasteiger partial charge is 0.481 e. The summed E-state index contributed by atoms with van der Waals surface area (Å²) in [5.41, 5.74) is -0.356. The second-order valence-corrected chi connectivity index (χ2v) is 6.51. The maximum atomic E-state index is 12.7. The lowest BCUT2D eigenvalue weighted by atomic mass is 9.82. The summed E-state index contributed by atoms with van der Waals surface area (Å²) in [5.74, 6) is 0.221. The number of hydrogen-bond acceptors (Lipinski definition) is 4. The van der Waals surface area contributed by atoms with E-state index in [4.69, 9.17) is 4.74 Å². The average Bonchev–Trinajstić information content (AvgIpc) is 2.62. The number of carboxylic acid groups (broad SMARTS) is 1. The lowest BCUT2D eigenvalue weighted by molar-refractivity contribution is -0.150. The number of likely N-dealkylation sites (tertiary alicyclic amines) is 1. The molecule has 1 aliphatic heterocycles. The standard InChI is InChI=1S/C19H20N2O4/c1-19(18(23)24)9-3-11-21(13-19)17(22)14-5-7-15(8-6-14)25-16-4-2-10-20-12-16/h2,4-8,10,12H,3,9,11,13H2,1H3,(H,23,24). The van der Waals surface area contributed by atoms with Gasteiger partial charge in [-0.2, -0.15) is 0 Å². The van der Waals surface area contributed by atoms with Crippen molar-refractivity contribution in [3.05, 3.63) is 54.4 Å². The van der Waals surface area contributed by atoms with Crippen LogP contribution >= 0.6 is 0 Å². The van der Waals surface area contributed by atoms with E-state index < -0.39 is 11.4 Å². The first-order valence-electron chi connectivity index (χ1n) is 8.19. The Hall–Kier alpha value is -2.89. The first-order chi connectivity index (χ1) is 12.0. The predicted octanol–water partition coefficient (Wildman–Crippen LogP) is 3.20. The van der Waals surface area contributed by atoms with E-state index in [0.717, 1.165) is 0 Å². The van der Waals surface area contributed by atoms with E-state index >= 15 is 0 Å². The van der Waals surface area contributed by atoms with Crippen molar-refractivity contribution in [3.63, 3.8) is 0 Å². The number of benzene rings is 1. The minimum Gasteiger partial charge on any atom is -0.481 e. The van der Waals surface area contributed by atoms with E-state index in [1.54, 1.807) is 60.6 Å². The molecule has 130 valence electrons. The molecule has 0 spiro atoms. The van der Waals surface area contributed by atoms with Gasteiger partial charge in [-0.3, -0.25) is 14.6 Å². The Morgan fingerprint density at radius 3 is 2.60 bits per heavy atom.